The van der Waals surface area contributed by atoms with Crippen molar-refractivity contribution in [1.29, 1.82) is 5.39 Å². The topological polar surface area (TPSA) is 28.1 Å². The molecule has 0 N–H and O–H groups in total. The zero-order chi connectivity index (χ0) is 11.9. The van der Waals surface area contributed by atoms with Crippen molar-refractivity contribution in [1.82, 2.24) is 0 Å². The molecule has 0 aromatic carbocycles. The molecule has 0 aliphatic rings. The molecule has 0 aliphatic carbocycles. The van der Waals surface area contributed by atoms with E-state index in [0.717, 1.165) is 6.42 Å². The third kappa shape index (κ3) is 13.4. The predicted molar refractivity (Wildman–Crippen MR) is 71.0 cm³/mol. The van der Waals surface area contributed by atoms with Crippen molar-refractivity contribution < 1.29 is 0 Å². The first-order valence-corrected chi connectivity index (χ1v) is 7.22. The number of nitrogens with zero attached hydrogens (tertiary/aromatic N) is 2. The second kappa shape index (κ2) is 14.4. The molecular weight excluding hydrogens is 196 g/mol. The van der Waals surface area contributed by atoms with E-state index < -0.39 is 0 Å². The molecule has 0 rings (SSSR count). The molecule has 0 saturated carbocycles. The third-order valence-corrected chi connectivity index (χ3v) is 3.11. The summed E-state index contributed by atoms with van der Waals surface area (Å²) in [4.78, 5) is 3.12. The van der Waals surface area contributed by atoms with Gasteiger partial charge in [-0.15, -0.1) is 0 Å². The molecule has 0 saturated heterocycles. The highest BCUT2D eigenvalue weighted by molar-refractivity contribution is 4.54. The van der Waals surface area contributed by atoms with Crippen molar-refractivity contribution in [2.24, 2.45) is 0 Å². The Labute approximate surface area is 101 Å². The monoisotopic (exact) mass is 225 g/mol. The molecule has 0 unspecified atom stereocenters. The summed E-state index contributed by atoms with van der Waals surface area (Å²) in [5.74, 6) is 0. The maximum Gasteiger partial charge on any atom is 0.305 e. The Morgan fingerprint density at radius 3 is 1.38 bits per heavy atom. The highest BCUT2D eigenvalue weighted by atomic mass is 14.8. The number of diazo groups is 1. The lowest BCUT2D eigenvalue weighted by atomic mass is 10.1. The van der Waals surface area contributed by atoms with E-state index in [-0.39, 0.29) is 0 Å². The quantitative estimate of drug-likeness (QED) is 0.316. The van der Waals surface area contributed by atoms with Gasteiger partial charge < -0.3 is 0 Å². The van der Waals surface area contributed by atoms with E-state index in [1.165, 1.54) is 70.6 Å². The molecule has 0 aromatic heterocycles. The summed E-state index contributed by atoms with van der Waals surface area (Å²) in [6.07, 6.45) is 16.2. The molecule has 2 heteroatoms. The summed E-state index contributed by atoms with van der Waals surface area (Å²) in [7, 11) is 0. The third-order valence-electron chi connectivity index (χ3n) is 3.11. The van der Waals surface area contributed by atoms with Gasteiger partial charge in [0.05, 0.1) is 0 Å². The van der Waals surface area contributed by atoms with Crippen LogP contribution in [0.2, 0.25) is 0 Å². The SMILES string of the molecule is CCCCCCCCCCCCCC[N+]#N. The molecule has 0 aromatic rings. The van der Waals surface area contributed by atoms with Crippen molar-refractivity contribution in [3.63, 3.8) is 0 Å². The molecule has 94 valence electrons. The summed E-state index contributed by atoms with van der Waals surface area (Å²) in [6.45, 7) is 2.89. The normalized spacial score (nSPS) is 10.2. The fourth-order valence-corrected chi connectivity index (χ4v) is 2.02. The van der Waals surface area contributed by atoms with Gasteiger partial charge in [-0.05, 0) is 6.42 Å². The number of unbranched alkanes of at least 4 members (excludes halogenated alkanes) is 11. The van der Waals surface area contributed by atoms with Crippen LogP contribution in [0.15, 0.2) is 0 Å². The van der Waals surface area contributed by atoms with Crippen LogP contribution in [0.4, 0.5) is 0 Å². The second-order valence-electron chi connectivity index (χ2n) is 4.75. The number of hydrogen-bond acceptors (Lipinski definition) is 1. The molecule has 0 spiro atoms. The Hall–Kier alpha value is -0.580. The van der Waals surface area contributed by atoms with Crippen LogP contribution in [0.5, 0.6) is 0 Å². The molecular formula is C14H29N2+. The maximum atomic E-state index is 8.25. The van der Waals surface area contributed by atoms with Crippen LogP contribution in [-0.4, -0.2) is 6.54 Å². The van der Waals surface area contributed by atoms with Gasteiger partial charge in [0.25, 0.3) is 0 Å². The minimum Gasteiger partial charge on any atom is -0.0654 e. The van der Waals surface area contributed by atoms with Crippen molar-refractivity contribution >= 4 is 0 Å². The molecule has 0 radical (unpaired) electrons. The minimum absolute atomic E-state index is 0.622. The second-order valence-corrected chi connectivity index (χ2v) is 4.75. The van der Waals surface area contributed by atoms with Crippen LogP contribution in [0.25, 0.3) is 4.98 Å². The largest absolute Gasteiger partial charge is 0.305 e. The Balaban J connectivity index is 2.86. The first-order valence-electron chi connectivity index (χ1n) is 7.22. The number of hydrogen-bond donors (Lipinski definition) is 0. The number of rotatable bonds is 12. The summed E-state index contributed by atoms with van der Waals surface area (Å²) < 4.78 is 0. The van der Waals surface area contributed by atoms with E-state index in [1.807, 2.05) is 0 Å². The van der Waals surface area contributed by atoms with Gasteiger partial charge in [-0.1, -0.05) is 71.1 Å². The molecule has 2 nitrogen and oxygen atoms in total. The highest BCUT2D eigenvalue weighted by Gasteiger charge is 1.95. The first kappa shape index (κ1) is 15.4. The van der Waals surface area contributed by atoms with Crippen LogP contribution in [0.1, 0.15) is 84.0 Å². The smallest absolute Gasteiger partial charge is 0.0654 e. The van der Waals surface area contributed by atoms with Crippen molar-refractivity contribution in [3.8, 4) is 0 Å². The van der Waals surface area contributed by atoms with Crippen molar-refractivity contribution in [2.75, 3.05) is 6.54 Å². The van der Waals surface area contributed by atoms with Crippen LogP contribution < -0.4 is 0 Å². The van der Waals surface area contributed by atoms with E-state index in [4.69, 9.17) is 5.39 Å². The Morgan fingerprint density at radius 2 is 1.00 bits per heavy atom. The fraction of sp³-hybridized carbons (Fsp3) is 1.00. The van der Waals surface area contributed by atoms with E-state index in [1.54, 1.807) is 0 Å². The van der Waals surface area contributed by atoms with Gasteiger partial charge >= 0.3 is 6.54 Å². The lowest BCUT2D eigenvalue weighted by Crippen LogP contribution is -1.83. The average molecular weight is 225 g/mol. The predicted octanol–water partition coefficient (Wildman–Crippen LogP) is 5.54. The lowest BCUT2D eigenvalue weighted by molar-refractivity contribution is 0.547. The minimum atomic E-state index is 0.622. The maximum absolute atomic E-state index is 8.25. The molecule has 0 aliphatic heterocycles. The zero-order valence-corrected chi connectivity index (χ0v) is 11.1. The fourth-order valence-electron chi connectivity index (χ4n) is 2.02. The van der Waals surface area contributed by atoms with Crippen LogP contribution in [-0.2, 0) is 0 Å². The van der Waals surface area contributed by atoms with Crippen molar-refractivity contribution in [2.45, 2.75) is 84.0 Å². The van der Waals surface area contributed by atoms with Gasteiger partial charge in [-0.3, -0.25) is 0 Å². The van der Waals surface area contributed by atoms with Crippen LogP contribution in [0.3, 0.4) is 0 Å². The molecule has 0 fully saturated rings. The summed E-state index contributed by atoms with van der Waals surface area (Å²) in [5, 5.41) is 8.25. The van der Waals surface area contributed by atoms with Gasteiger partial charge in [-0.2, -0.15) is 0 Å². The summed E-state index contributed by atoms with van der Waals surface area (Å²) in [5.41, 5.74) is 0. The van der Waals surface area contributed by atoms with E-state index >= 15 is 0 Å². The van der Waals surface area contributed by atoms with Gasteiger partial charge in [0, 0.05) is 6.42 Å². The van der Waals surface area contributed by atoms with Gasteiger partial charge in [0.15, 0.2) is 0 Å². The average Bonchev–Trinajstić information content (AvgIpc) is 2.31. The van der Waals surface area contributed by atoms with E-state index in [9.17, 15) is 0 Å². The standard InChI is InChI=1S/C14H29N2/c1-2-3-4-5-6-7-8-9-10-11-12-13-14-16-15/h2-14H2,1H3/q+1. The van der Waals surface area contributed by atoms with Gasteiger partial charge in [0.2, 0.25) is 5.39 Å². The van der Waals surface area contributed by atoms with Gasteiger partial charge in [0.1, 0.15) is 4.98 Å². The van der Waals surface area contributed by atoms with E-state index in [2.05, 4.69) is 11.9 Å². The lowest BCUT2D eigenvalue weighted by Gasteiger charge is -2.01. The van der Waals surface area contributed by atoms with E-state index in [0.29, 0.717) is 6.54 Å². The Bertz CT molecular complexity index is 161. The zero-order valence-electron chi connectivity index (χ0n) is 11.1. The Morgan fingerprint density at radius 1 is 0.625 bits per heavy atom. The highest BCUT2D eigenvalue weighted by Crippen LogP contribution is 2.11. The Kier molecular flexibility index (Phi) is 13.9. The summed E-state index contributed by atoms with van der Waals surface area (Å²) >= 11 is 0. The first-order chi connectivity index (χ1) is 7.91. The molecule has 0 amide bonds. The van der Waals surface area contributed by atoms with Crippen LogP contribution >= 0.6 is 0 Å². The molecule has 0 atom stereocenters. The molecule has 0 bridgehead atoms. The van der Waals surface area contributed by atoms with Gasteiger partial charge in [-0.25, -0.2) is 0 Å². The van der Waals surface area contributed by atoms with Crippen molar-refractivity contribution in [3.05, 3.63) is 4.98 Å². The molecule has 0 heterocycles. The molecule has 16 heavy (non-hydrogen) atoms. The summed E-state index contributed by atoms with van der Waals surface area (Å²) in [6, 6.07) is 0. The van der Waals surface area contributed by atoms with Crippen LogP contribution in [0, 0.1) is 5.39 Å².